The van der Waals surface area contributed by atoms with E-state index in [1.807, 2.05) is 30.3 Å². The average Bonchev–Trinajstić information content (AvgIpc) is 2.67. The van der Waals surface area contributed by atoms with Crippen LogP contribution in [0.3, 0.4) is 0 Å². The van der Waals surface area contributed by atoms with Crippen molar-refractivity contribution >= 4 is 31.9 Å². The van der Waals surface area contributed by atoms with Crippen molar-refractivity contribution in [2.24, 2.45) is 0 Å². The Morgan fingerprint density at radius 2 is 1.86 bits per heavy atom. The summed E-state index contributed by atoms with van der Waals surface area (Å²) in [7, 11) is 0. The molecule has 0 atom stereocenters. The van der Waals surface area contributed by atoms with Gasteiger partial charge in [0, 0.05) is 0 Å². The Labute approximate surface area is 98.4 Å². The maximum atomic E-state index is 4.01. The quantitative estimate of drug-likeness (QED) is 0.797. The van der Waals surface area contributed by atoms with E-state index in [0.717, 1.165) is 11.4 Å². The number of hydrogen-bond acceptors (Lipinski definition) is 2. The molecule has 0 spiro atoms. The monoisotopic (exact) mass is 315 g/mol. The number of alkyl halides is 2. The van der Waals surface area contributed by atoms with Crippen LogP contribution in [0.15, 0.2) is 36.5 Å². The molecule has 2 aromatic rings. The molecular formula is C9H7Br2N3. The Morgan fingerprint density at radius 1 is 1.14 bits per heavy atom. The fourth-order valence-electron chi connectivity index (χ4n) is 1.16. The van der Waals surface area contributed by atoms with Gasteiger partial charge in [-0.2, -0.15) is 0 Å². The summed E-state index contributed by atoms with van der Waals surface area (Å²) >= 11 is 6.85. The van der Waals surface area contributed by atoms with Gasteiger partial charge in [-0.25, -0.2) is 4.68 Å². The molecule has 0 aliphatic carbocycles. The van der Waals surface area contributed by atoms with E-state index in [4.69, 9.17) is 0 Å². The van der Waals surface area contributed by atoms with Gasteiger partial charge in [0.25, 0.3) is 0 Å². The summed E-state index contributed by atoms with van der Waals surface area (Å²) in [4.78, 5) is 0. The number of aromatic nitrogens is 3. The van der Waals surface area contributed by atoms with Crippen LogP contribution in [0.1, 0.15) is 9.43 Å². The summed E-state index contributed by atoms with van der Waals surface area (Å²) in [6.07, 6.45) is 1.72. The lowest BCUT2D eigenvalue weighted by atomic mass is 10.3. The summed E-state index contributed by atoms with van der Waals surface area (Å²) in [5, 5.41) is 7.89. The zero-order valence-electron chi connectivity index (χ0n) is 7.14. The Balaban J connectivity index is 2.47. The maximum Gasteiger partial charge on any atom is 0.113 e. The molecule has 0 saturated heterocycles. The normalized spacial score (nSPS) is 10.8. The van der Waals surface area contributed by atoms with E-state index < -0.39 is 0 Å². The van der Waals surface area contributed by atoms with Crippen LogP contribution >= 0.6 is 31.9 Å². The lowest BCUT2D eigenvalue weighted by Crippen LogP contribution is -2.00. The van der Waals surface area contributed by atoms with Crippen LogP contribution in [-0.2, 0) is 0 Å². The molecule has 5 heteroatoms. The van der Waals surface area contributed by atoms with E-state index in [1.165, 1.54) is 0 Å². The maximum absolute atomic E-state index is 4.01. The molecule has 3 nitrogen and oxygen atoms in total. The molecule has 0 aliphatic heterocycles. The van der Waals surface area contributed by atoms with Crippen molar-refractivity contribution in [3.05, 3.63) is 42.2 Å². The van der Waals surface area contributed by atoms with Gasteiger partial charge in [-0.1, -0.05) is 55.3 Å². The van der Waals surface area contributed by atoms with Gasteiger partial charge in [0.1, 0.15) is 3.74 Å². The van der Waals surface area contributed by atoms with Crippen LogP contribution < -0.4 is 0 Å². The molecule has 2 rings (SSSR count). The summed E-state index contributed by atoms with van der Waals surface area (Å²) in [6, 6.07) is 9.89. The van der Waals surface area contributed by atoms with E-state index in [2.05, 4.69) is 42.2 Å². The number of nitrogens with zero attached hydrogens (tertiary/aromatic N) is 3. The predicted octanol–water partition coefficient (Wildman–Crippen LogP) is 3.06. The van der Waals surface area contributed by atoms with Gasteiger partial charge >= 0.3 is 0 Å². The highest BCUT2D eigenvalue weighted by Crippen LogP contribution is 2.29. The van der Waals surface area contributed by atoms with Crippen LogP contribution in [-0.4, -0.2) is 15.0 Å². The molecule has 1 heterocycles. The van der Waals surface area contributed by atoms with Gasteiger partial charge in [-0.05, 0) is 12.1 Å². The molecule has 0 radical (unpaired) electrons. The third-order valence-corrected chi connectivity index (χ3v) is 2.74. The Bertz CT molecular complexity index is 411. The summed E-state index contributed by atoms with van der Waals surface area (Å²) in [6.45, 7) is 0. The van der Waals surface area contributed by atoms with E-state index in [9.17, 15) is 0 Å². The molecule has 0 bridgehead atoms. The number of halogens is 2. The second-order valence-corrected chi connectivity index (χ2v) is 5.77. The van der Waals surface area contributed by atoms with E-state index in [1.54, 1.807) is 10.9 Å². The first kappa shape index (κ1) is 9.86. The Kier molecular flexibility index (Phi) is 2.98. The minimum Gasteiger partial charge on any atom is -0.216 e. The average molecular weight is 317 g/mol. The summed E-state index contributed by atoms with van der Waals surface area (Å²) < 4.78 is 1.85. The predicted molar refractivity (Wildman–Crippen MR) is 62.0 cm³/mol. The van der Waals surface area contributed by atoms with Crippen LogP contribution in [0.2, 0.25) is 0 Å². The van der Waals surface area contributed by atoms with Crippen molar-refractivity contribution in [3.63, 3.8) is 0 Å². The first-order valence-corrected chi connectivity index (χ1v) is 5.86. The molecule has 0 fully saturated rings. The van der Waals surface area contributed by atoms with Gasteiger partial charge in [0.2, 0.25) is 0 Å². The highest BCUT2D eigenvalue weighted by molar-refractivity contribution is 9.24. The van der Waals surface area contributed by atoms with Crippen molar-refractivity contribution in [2.75, 3.05) is 0 Å². The standard InChI is InChI=1S/C9H7Br2N3/c10-9(11)8-6-12-13-14(8)7-4-2-1-3-5-7/h1-6,9H. The van der Waals surface area contributed by atoms with E-state index in [0.29, 0.717) is 0 Å². The van der Waals surface area contributed by atoms with Crippen molar-refractivity contribution < 1.29 is 0 Å². The molecule has 1 aromatic carbocycles. The molecule has 0 saturated carbocycles. The van der Waals surface area contributed by atoms with Gasteiger partial charge in [-0.3, -0.25) is 0 Å². The second-order valence-electron chi connectivity index (χ2n) is 2.71. The number of benzene rings is 1. The van der Waals surface area contributed by atoms with Crippen molar-refractivity contribution in [3.8, 4) is 5.69 Å². The first-order valence-electron chi connectivity index (χ1n) is 4.03. The largest absolute Gasteiger partial charge is 0.216 e. The SMILES string of the molecule is BrC(Br)c1cnnn1-c1ccccc1. The molecule has 14 heavy (non-hydrogen) atoms. The molecule has 72 valence electrons. The van der Waals surface area contributed by atoms with Crippen molar-refractivity contribution in [2.45, 2.75) is 3.74 Å². The zero-order chi connectivity index (χ0) is 9.97. The van der Waals surface area contributed by atoms with Crippen molar-refractivity contribution in [1.82, 2.24) is 15.0 Å². The smallest absolute Gasteiger partial charge is 0.113 e. The number of hydrogen-bond donors (Lipinski definition) is 0. The fraction of sp³-hybridized carbons (Fsp3) is 0.111. The van der Waals surface area contributed by atoms with Gasteiger partial charge in [0.15, 0.2) is 0 Å². The van der Waals surface area contributed by atoms with Crippen LogP contribution in [0.4, 0.5) is 0 Å². The molecule has 0 unspecified atom stereocenters. The minimum atomic E-state index is 0.0604. The lowest BCUT2D eigenvalue weighted by molar-refractivity contribution is 0.782. The molecule has 1 aromatic heterocycles. The lowest BCUT2D eigenvalue weighted by Gasteiger charge is -2.05. The minimum absolute atomic E-state index is 0.0604. The van der Waals surface area contributed by atoms with Crippen LogP contribution in [0.25, 0.3) is 5.69 Å². The molecule has 0 amide bonds. The third-order valence-electron chi connectivity index (χ3n) is 1.80. The molecule has 0 aliphatic rings. The topological polar surface area (TPSA) is 30.7 Å². The van der Waals surface area contributed by atoms with Crippen LogP contribution in [0.5, 0.6) is 0 Å². The second kappa shape index (κ2) is 4.23. The van der Waals surface area contributed by atoms with Gasteiger partial charge in [-0.15, -0.1) is 5.10 Å². The Hall–Kier alpha value is -0.680. The fourth-order valence-corrected chi connectivity index (χ4v) is 1.79. The highest BCUT2D eigenvalue weighted by Gasteiger charge is 2.11. The van der Waals surface area contributed by atoms with Gasteiger partial charge in [0.05, 0.1) is 17.6 Å². The van der Waals surface area contributed by atoms with Crippen molar-refractivity contribution in [1.29, 1.82) is 0 Å². The highest BCUT2D eigenvalue weighted by atomic mass is 79.9. The number of para-hydroxylation sites is 1. The summed E-state index contributed by atoms with van der Waals surface area (Å²) in [5.74, 6) is 0. The zero-order valence-corrected chi connectivity index (χ0v) is 10.3. The van der Waals surface area contributed by atoms with Gasteiger partial charge < -0.3 is 0 Å². The van der Waals surface area contributed by atoms with Crippen LogP contribution in [0, 0.1) is 0 Å². The molecule has 0 N–H and O–H groups in total. The van der Waals surface area contributed by atoms with E-state index in [-0.39, 0.29) is 3.74 Å². The van der Waals surface area contributed by atoms with E-state index >= 15 is 0 Å². The summed E-state index contributed by atoms with van der Waals surface area (Å²) in [5.41, 5.74) is 1.97. The number of rotatable bonds is 2. The third kappa shape index (κ3) is 1.88. The molecular weight excluding hydrogens is 310 g/mol. The Morgan fingerprint density at radius 3 is 2.50 bits per heavy atom. The first-order chi connectivity index (χ1) is 6.79.